The molecule has 0 rings (SSSR count). The van der Waals surface area contributed by atoms with Gasteiger partial charge in [-0.2, -0.15) is 5.06 Å². The molecule has 0 saturated carbocycles. The molecule has 0 aliphatic rings. The van der Waals surface area contributed by atoms with Crippen molar-refractivity contribution in [3.8, 4) is 0 Å². The summed E-state index contributed by atoms with van der Waals surface area (Å²) in [5, 5.41) is 4.67. The van der Waals surface area contributed by atoms with Gasteiger partial charge in [-0.05, 0) is 52.9 Å². The maximum absolute atomic E-state index is 12.7. The summed E-state index contributed by atoms with van der Waals surface area (Å²) in [7, 11) is 1.87. The molecule has 0 atom stereocenters. The number of amides is 1. The first-order valence-corrected chi connectivity index (χ1v) is 23.7. The number of ether oxygens (including phenoxy) is 2. The van der Waals surface area contributed by atoms with Crippen LogP contribution in [0.3, 0.4) is 0 Å². The largest absolute Gasteiger partial charge is 0.446 e. The van der Waals surface area contributed by atoms with E-state index in [1.54, 1.807) is 5.06 Å². The molecule has 53 heavy (non-hydrogen) atoms. The molecule has 0 unspecified atom stereocenters. The lowest BCUT2D eigenvalue weighted by Gasteiger charge is -2.24. The summed E-state index contributed by atoms with van der Waals surface area (Å²) in [6.07, 6.45) is 46.6. The first kappa shape index (κ1) is 52.2. The van der Waals surface area contributed by atoms with E-state index >= 15 is 0 Å². The van der Waals surface area contributed by atoms with Crippen molar-refractivity contribution < 1.29 is 19.1 Å². The van der Waals surface area contributed by atoms with Crippen molar-refractivity contribution in [1.29, 1.82) is 0 Å². The van der Waals surface area contributed by atoms with Crippen LogP contribution < -0.4 is 5.32 Å². The van der Waals surface area contributed by atoms with E-state index in [9.17, 15) is 4.79 Å². The third-order valence-electron chi connectivity index (χ3n) is 10.6. The fourth-order valence-corrected chi connectivity index (χ4v) is 7.10. The van der Waals surface area contributed by atoms with Crippen LogP contribution in [-0.2, 0) is 14.3 Å². The van der Waals surface area contributed by atoms with Crippen molar-refractivity contribution >= 4 is 6.09 Å². The molecule has 0 aromatic carbocycles. The molecule has 0 spiro atoms. The van der Waals surface area contributed by atoms with Crippen LogP contribution in [0.4, 0.5) is 4.79 Å². The number of nitrogens with zero attached hydrogens (tertiary/aromatic N) is 1. The van der Waals surface area contributed by atoms with Crippen LogP contribution in [0.2, 0.25) is 0 Å². The van der Waals surface area contributed by atoms with Gasteiger partial charge in [-0.1, -0.05) is 206 Å². The van der Waals surface area contributed by atoms with Gasteiger partial charge in [0.15, 0.2) is 0 Å². The normalized spacial score (nSPS) is 12.0. The second-order valence-electron chi connectivity index (χ2n) is 17.3. The molecule has 0 aliphatic carbocycles. The van der Waals surface area contributed by atoms with E-state index in [1.165, 1.54) is 193 Å². The highest BCUT2D eigenvalue weighted by molar-refractivity contribution is 5.67. The van der Waals surface area contributed by atoms with Crippen LogP contribution in [0.5, 0.6) is 0 Å². The lowest BCUT2D eigenvalue weighted by Crippen LogP contribution is -2.32. The highest BCUT2D eigenvalue weighted by Crippen LogP contribution is 2.19. The molecule has 0 heterocycles. The number of hydrogen-bond acceptors (Lipinski definition) is 5. The predicted molar refractivity (Wildman–Crippen MR) is 231 cm³/mol. The van der Waals surface area contributed by atoms with Gasteiger partial charge in [0.05, 0.1) is 12.2 Å². The zero-order valence-electron chi connectivity index (χ0n) is 37.0. The van der Waals surface area contributed by atoms with E-state index in [0.29, 0.717) is 19.9 Å². The summed E-state index contributed by atoms with van der Waals surface area (Å²) in [5.41, 5.74) is -0.197. The minimum atomic E-state index is -0.271. The maximum atomic E-state index is 12.7. The van der Waals surface area contributed by atoms with E-state index in [4.69, 9.17) is 14.3 Å². The molecule has 0 aliphatic heterocycles. The van der Waals surface area contributed by atoms with Gasteiger partial charge in [0.25, 0.3) is 0 Å². The van der Waals surface area contributed by atoms with Gasteiger partial charge < -0.3 is 14.8 Å². The van der Waals surface area contributed by atoms with Crippen LogP contribution in [0.25, 0.3) is 0 Å². The summed E-state index contributed by atoms with van der Waals surface area (Å²) in [5.74, 6) is 0. The summed E-state index contributed by atoms with van der Waals surface area (Å²) in [4.78, 5) is 18.4. The molecule has 6 nitrogen and oxygen atoms in total. The van der Waals surface area contributed by atoms with E-state index in [0.717, 1.165) is 32.1 Å². The summed E-state index contributed by atoms with van der Waals surface area (Å²) in [6, 6.07) is 0. The van der Waals surface area contributed by atoms with E-state index < -0.39 is 0 Å². The molecule has 6 heteroatoms. The Morgan fingerprint density at radius 1 is 0.509 bits per heavy atom. The second-order valence-corrected chi connectivity index (χ2v) is 17.3. The van der Waals surface area contributed by atoms with Crippen LogP contribution in [-0.4, -0.2) is 49.8 Å². The molecule has 0 aromatic rings. The van der Waals surface area contributed by atoms with Gasteiger partial charge in [0.2, 0.25) is 0 Å². The Hall–Kier alpha value is -0.850. The molecule has 1 N–H and O–H groups in total. The van der Waals surface area contributed by atoms with Crippen LogP contribution in [0, 0.1) is 0 Å². The molecule has 1 amide bonds. The monoisotopic (exact) mass is 753 g/mol. The van der Waals surface area contributed by atoms with Gasteiger partial charge in [0.1, 0.15) is 12.8 Å². The zero-order chi connectivity index (χ0) is 38.9. The number of hydrogen-bond donors (Lipinski definition) is 1. The molecule has 0 radical (unpaired) electrons. The van der Waals surface area contributed by atoms with Gasteiger partial charge >= 0.3 is 6.09 Å². The summed E-state index contributed by atoms with van der Waals surface area (Å²) in [6.45, 7) is 12.2. The third kappa shape index (κ3) is 43.7. The van der Waals surface area contributed by atoms with Gasteiger partial charge in [-0.25, -0.2) is 4.79 Å². The first-order valence-electron chi connectivity index (χ1n) is 23.7. The number of unbranched alkanes of at least 4 members (excludes halogenated alkanes) is 30. The van der Waals surface area contributed by atoms with Gasteiger partial charge in [-0.15, -0.1) is 0 Å². The Balaban J connectivity index is 4.14. The fraction of sp³-hybridized carbons (Fsp3) is 0.979. The number of nitrogens with one attached hydrogen (secondary N) is 1. The lowest BCUT2D eigenvalue weighted by molar-refractivity contribution is -0.213. The molecule has 0 bridgehead atoms. The first-order chi connectivity index (χ1) is 25.8. The molecular formula is C47H96N2O4. The highest BCUT2D eigenvalue weighted by atomic mass is 16.7. The number of carbonyl (C=O) groups excluding carboxylic acids is 1. The third-order valence-corrected chi connectivity index (χ3v) is 10.6. The van der Waals surface area contributed by atoms with Crippen LogP contribution >= 0.6 is 0 Å². The van der Waals surface area contributed by atoms with Gasteiger partial charge in [-0.3, -0.25) is 4.84 Å². The predicted octanol–water partition coefficient (Wildman–Crippen LogP) is 15.4. The molecule has 0 aromatic heterocycles. The van der Waals surface area contributed by atoms with Crippen LogP contribution in [0.15, 0.2) is 0 Å². The Labute approximate surface area is 332 Å². The quantitative estimate of drug-likeness (QED) is 0.0382. The Kier molecular flexibility index (Phi) is 40.1. The van der Waals surface area contributed by atoms with E-state index in [-0.39, 0.29) is 17.8 Å². The number of alkyl carbamates (subject to hydrolysis) is 1. The Bertz CT molecular complexity index is 692. The highest BCUT2D eigenvalue weighted by Gasteiger charge is 2.15. The average Bonchev–Trinajstić information content (AvgIpc) is 3.13. The second kappa shape index (κ2) is 40.8. The van der Waals surface area contributed by atoms with Crippen molar-refractivity contribution in [2.45, 2.75) is 271 Å². The maximum Gasteiger partial charge on any atom is 0.407 e. The van der Waals surface area contributed by atoms with Gasteiger partial charge in [0, 0.05) is 13.6 Å². The van der Waals surface area contributed by atoms with Crippen molar-refractivity contribution in [3.63, 3.8) is 0 Å². The van der Waals surface area contributed by atoms with Crippen molar-refractivity contribution in [1.82, 2.24) is 10.4 Å². The molecular weight excluding hydrogens is 657 g/mol. The lowest BCUT2D eigenvalue weighted by atomic mass is 10.0. The van der Waals surface area contributed by atoms with E-state index in [1.807, 2.05) is 27.8 Å². The van der Waals surface area contributed by atoms with Crippen LogP contribution in [0.1, 0.15) is 259 Å². The van der Waals surface area contributed by atoms with Crippen molar-refractivity contribution in [3.05, 3.63) is 0 Å². The average molecular weight is 753 g/mol. The Morgan fingerprint density at radius 3 is 1.15 bits per heavy atom. The smallest absolute Gasteiger partial charge is 0.407 e. The van der Waals surface area contributed by atoms with E-state index in [2.05, 4.69) is 19.2 Å². The van der Waals surface area contributed by atoms with Crippen molar-refractivity contribution in [2.75, 3.05) is 26.9 Å². The van der Waals surface area contributed by atoms with Crippen molar-refractivity contribution in [2.24, 2.45) is 0 Å². The molecule has 318 valence electrons. The summed E-state index contributed by atoms with van der Waals surface area (Å²) < 4.78 is 11.7. The number of carbonyl (C=O) groups is 1. The standard InChI is InChI=1S/C47H96N2O4/c1-7-9-11-13-15-17-19-21-23-25-27-29-31-33-35-37-40-45(53-46(50)48-42-39-43-52-49(6)44-51-47(3,4)5)41-38-36-34-32-30-28-26-24-22-20-18-16-14-12-10-8-2/h45H,7-44H2,1-6H3,(H,48,50). The summed E-state index contributed by atoms with van der Waals surface area (Å²) >= 11 is 0. The topological polar surface area (TPSA) is 60.0 Å². The molecule has 0 saturated heterocycles. The SMILES string of the molecule is CCCCCCCCCCCCCCCCCCC(CCCCCCCCCCCCCCCCCC)OC(=O)NCCCON(C)COC(C)(C)C. The molecule has 0 fully saturated rings. The minimum absolute atomic E-state index is 0.0326. The fourth-order valence-electron chi connectivity index (χ4n) is 7.10. The zero-order valence-corrected chi connectivity index (χ0v) is 37.0. The number of rotatable bonds is 42. The minimum Gasteiger partial charge on any atom is -0.446 e. The number of hydroxylamine groups is 2. The Morgan fingerprint density at radius 2 is 0.830 bits per heavy atom.